The van der Waals surface area contributed by atoms with Gasteiger partial charge < -0.3 is 14.5 Å². The molecule has 0 aliphatic carbocycles. The first kappa shape index (κ1) is 26.2. The fourth-order valence-corrected chi connectivity index (χ4v) is 3.64. The third kappa shape index (κ3) is 8.04. The molecule has 0 atom stereocenters. The van der Waals surface area contributed by atoms with Crippen molar-refractivity contribution in [1.29, 1.82) is 0 Å². The number of aromatic nitrogens is 4. The highest BCUT2D eigenvalue weighted by Crippen LogP contribution is 2.29. The van der Waals surface area contributed by atoms with Crippen LogP contribution >= 0.6 is 0 Å². The van der Waals surface area contributed by atoms with Crippen LogP contribution in [0.2, 0.25) is 0 Å². The van der Waals surface area contributed by atoms with E-state index in [0.717, 1.165) is 55.9 Å². The molecule has 37 heavy (non-hydrogen) atoms. The normalized spacial score (nSPS) is 11.9. The van der Waals surface area contributed by atoms with Gasteiger partial charge in [0.25, 0.3) is 0 Å². The molecule has 2 aromatic carbocycles. The number of ether oxygens (including phenoxy) is 1. The Labute approximate surface area is 213 Å². The van der Waals surface area contributed by atoms with E-state index in [9.17, 15) is 13.2 Å². The van der Waals surface area contributed by atoms with Crippen molar-refractivity contribution in [2.75, 3.05) is 7.05 Å². The molecule has 0 bridgehead atoms. The van der Waals surface area contributed by atoms with Crippen molar-refractivity contribution in [3.8, 4) is 5.75 Å². The second-order valence-corrected chi connectivity index (χ2v) is 8.52. The summed E-state index contributed by atoms with van der Waals surface area (Å²) in [5.41, 5.74) is 2.71. The topological polar surface area (TPSA) is 78.0 Å². The molecule has 7 nitrogen and oxygen atoms in total. The highest BCUT2D eigenvalue weighted by atomic mass is 19.4. The number of benzene rings is 2. The van der Waals surface area contributed by atoms with Crippen molar-refractivity contribution >= 4 is 12.2 Å². The second-order valence-electron chi connectivity index (χ2n) is 8.52. The van der Waals surface area contributed by atoms with Crippen molar-refractivity contribution < 1.29 is 22.3 Å². The van der Waals surface area contributed by atoms with Crippen LogP contribution in [0.3, 0.4) is 0 Å². The minimum absolute atomic E-state index is 0.240. The van der Waals surface area contributed by atoms with E-state index in [-0.39, 0.29) is 6.61 Å². The molecule has 0 saturated carbocycles. The van der Waals surface area contributed by atoms with E-state index in [1.54, 1.807) is 12.2 Å². The molecule has 0 amide bonds. The van der Waals surface area contributed by atoms with E-state index < -0.39 is 11.7 Å². The Morgan fingerprint density at radius 1 is 1.00 bits per heavy atom. The summed E-state index contributed by atoms with van der Waals surface area (Å²) in [6, 6.07) is 12.8. The Kier molecular flexibility index (Phi) is 8.73. The Bertz CT molecular complexity index is 1280. The van der Waals surface area contributed by atoms with E-state index in [2.05, 4.69) is 32.7 Å². The molecule has 4 rings (SSSR count). The standard InChI is InChI=1S/C27H28F3N5O2/c1-31-16-23-17-35(34-33-23)15-3-2-4-20-7-12-25(13-8-20)36-18-24-19-37-26(32-24)14-9-21-5-10-22(11-6-21)27(28,29)30/h5-14,17,19,31H,2-4,15-16,18H2,1H3. The van der Waals surface area contributed by atoms with Crippen LogP contribution in [0.25, 0.3) is 12.2 Å². The summed E-state index contributed by atoms with van der Waals surface area (Å²) in [6.45, 7) is 1.80. The number of aryl methyl sites for hydroxylation is 2. The first-order valence-corrected chi connectivity index (χ1v) is 11.9. The van der Waals surface area contributed by atoms with Crippen LogP contribution in [0.4, 0.5) is 13.2 Å². The van der Waals surface area contributed by atoms with Gasteiger partial charge >= 0.3 is 6.18 Å². The summed E-state index contributed by atoms with van der Waals surface area (Å²) in [5.74, 6) is 1.08. The molecular weight excluding hydrogens is 483 g/mol. The van der Waals surface area contributed by atoms with E-state index >= 15 is 0 Å². The highest BCUT2D eigenvalue weighted by molar-refractivity contribution is 5.66. The highest BCUT2D eigenvalue weighted by Gasteiger charge is 2.29. The van der Waals surface area contributed by atoms with Crippen molar-refractivity contribution in [1.82, 2.24) is 25.3 Å². The number of halogens is 3. The van der Waals surface area contributed by atoms with Gasteiger partial charge in [-0.3, -0.25) is 4.68 Å². The van der Waals surface area contributed by atoms with Gasteiger partial charge in [0.2, 0.25) is 5.89 Å². The lowest BCUT2D eigenvalue weighted by Crippen LogP contribution is -2.05. The number of oxazole rings is 1. The molecule has 2 aromatic heterocycles. The fourth-order valence-electron chi connectivity index (χ4n) is 3.64. The first-order valence-electron chi connectivity index (χ1n) is 11.9. The summed E-state index contributed by atoms with van der Waals surface area (Å²) >= 11 is 0. The smallest absolute Gasteiger partial charge is 0.416 e. The van der Waals surface area contributed by atoms with Gasteiger partial charge in [-0.05, 0) is 67.8 Å². The molecule has 10 heteroatoms. The summed E-state index contributed by atoms with van der Waals surface area (Å²) in [4.78, 5) is 4.33. The molecule has 4 aromatic rings. The Balaban J connectivity index is 1.18. The number of nitrogens with zero attached hydrogens (tertiary/aromatic N) is 4. The average molecular weight is 512 g/mol. The van der Waals surface area contributed by atoms with Crippen molar-refractivity contribution in [3.05, 3.63) is 95.0 Å². The lowest BCUT2D eigenvalue weighted by Gasteiger charge is -2.06. The van der Waals surface area contributed by atoms with E-state index in [4.69, 9.17) is 9.15 Å². The summed E-state index contributed by atoms with van der Waals surface area (Å²) in [5, 5.41) is 11.3. The number of hydrogen-bond acceptors (Lipinski definition) is 6. The zero-order valence-corrected chi connectivity index (χ0v) is 20.4. The number of unbranched alkanes of at least 4 members (excludes halogenated alkanes) is 1. The minimum Gasteiger partial charge on any atom is -0.487 e. The number of alkyl halides is 3. The number of hydrogen-bond donors (Lipinski definition) is 1. The Hall–Kier alpha value is -3.92. The third-order valence-corrected chi connectivity index (χ3v) is 5.58. The zero-order chi connectivity index (χ0) is 26.1. The van der Waals surface area contributed by atoms with Gasteiger partial charge in [-0.15, -0.1) is 5.10 Å². The zero-order valence-electron chi connectivity index (χ0n) is 20.4. The van der Waals surface area contributed by atoms with E-state index in [1.807, 2.05) is 30.1 Å². The van der Waals surface area contributed by atoms with Crippen molar-refractivity contribution in [3.63, 3.8) is 0 Å². The van der Waals surface area contributed by atoms with Crippen molar-refractivity contribution in [2.45, 2.75) is 45.1 Å². The Morgan fingerprint density at radius 2 is 1.78 bits per heavy atom. The van der Waals surface area contributed by atoms with Crippen LogP contribution in [-0.4, -0.2) is 27.0 Å². The average Bonchev–Trinajstić information content (AvgIpc) is 3.54. The lowest BCUT2D eigenvalue weighted by molar-refractivity contribution is -0.137. The van der Waals surface area contributed by atoms with Gasteiger partial charge in [-0.1, -0.05) is 29.5 Å². The van der Waals surface area contributed by atoms with Crippen LogP contribution in [-0.2, 0) is 32.3 Å². The summed E-state index contributed by atoms with van der Waals surface area (Å²) in [6.07, 6.45) is 5.39. The van der Waals surface area contributed by atoms with Gasteiger partial charge in [-0.25, -0.2) is 4.98 Å². The molecule has 0 saturated heterocycles. The van der Waals surface area contributed by atoms with Crippen LogP contribution in [0.5, 0.6) is 5.75 Å². The van der Waals surface area contributed by atoms with E-state index in [0.29, 0.717) is 17.1 Å². The first-order chi connectivity index (χ1) is 17.9. The quantitative estimate of drug-likeness (QED) is 0.243. The maximum absolute atomic E-state index is 12.7. The fraction of sp³-hybridized carbons (Fsp3) is 0.296. The number of nitrogens with one attached hydrogen (secondary N) is 1. The van der Waals surface area contributed by atoms with Gasteiger partial charge in [-0.2, -0.15) is 13.2 Å². The molecule has 0 aliphatic rings. The summed E-state index contributed by atoms with van der Waals surface area (Å²) in [7, 11) is 1.89. The molecule has 0 spiro atoms. The maximum Gasteiger partial charge on any atom is 0.416 e. The molecule has 0 aliphatic heterocycles. The van der Waals surface area contributed by atoms with Gasteiger partial charge in [0.15, 0.2) is 0 Å². The predicted molar refractivity (Wildman–Crippen MR) is 133 cm³/mol. The SMILES string of the molecule is CNCc1cn(CCCCc2ccc(OCc3coc(C=Cc4ccc(C(F)(F)F)cc4)n3)cc2)nn1. The molecule has 194 valence electrons. The van der Waals surface area contributed by atoms with Crippen LogP contribution < -0.4 is 10.1 Å². The molecule has 0 radical (unpaired) electrons. The molecule has 2 heterocycles. The molecular formula is C27H28F3N5O2. The van der Waals surface area contributed by atoms with Gasteiger partial charge in [0.05, 0.1) is 11.3 Å². The largest absolute Gasteiger partial charge is 0.487 e. The van der Waals surface area contributed by atoms with Gasteiger partial charge in [0.1, 0.15) is 24.3 Å². The lowest BCUT2D eigenvalue weighted by atomic mass is 10.1. The Morgan fingerprint density at radius 3 is 2.51 bits per heavy atom. The third-order valence-electron chi connectivity index (χ3n) is 5.58. The second kappa shape index (κ2) is 12.4. The van der Waals surface area contributed by atoms with Crippen LogP contribution in [0.1, 0.15) is 46.8 Å². The summed E-state index contributed by atoms with van der Waals surface area (Å²) < 4.78 is 51.1. The number of rotatable bonds is 12. The monoisotopic (exact) mass is 511 g/mol. The van der Waals surface area contributed by atoms with E-state index in [1.165, 1.54) is 24.0 Å². The predicted octanol–water partition coefficient (Wildman–Crippen LogP) is 5.78. The van der Waals surface area contributed by atoms with Gasteiger partial charge in [0, 0.05) is 25.4 Å². The molecule has 1 N–H and O–H groups in total. The van der Waals surface area contributed by atoms with Crippen LogP contribution in [0, 0.1) is 0 Å². The van der Waals surface area contributed by atoms with Crippen molar-refractivity contribution in [2.24, 2.45) is 0 Å². The molecule has 0 fully saturated rings. The van der Waals surface area contributed by atoms with Crippen LogP contribution in [0.15, 0.2) is 65.4 Å². The minimum atomic E-state index is -4.35. The maximum atomic E-state index is 12.7. The molecule has 0 unspecified atom stereocenters.